The molecule has 20 heavy (non-hydrogen) atoms. The fraction of sp³-hybridized carbons (Fsp3) is 0.529. The largest absolute Gasteiger partial charge is 0.326 e. The summed E-state index contributed by atoms with van der Waals surface area (Å²) in [6.07, 6.45) is 3.42. The molecule has 3 heteroatoms. The van der Waals surface area contributed by atoms with Crippen LogP contribution in [0, 0.1) is 0 Å². The Morgan fingerprint density at radius 3 is 2.45 bits per heavy atom. The van der Waals surface area contributed by atoms with Gasteiger partial charge in [-0.3, -0.25) is 9.59 Å². The maximum atomic E-state index is 12.6. The second-order valence-corrected chi connectivity index (χ2v) is 6.20. The SMILES string of the molecule is CC(C)N1C(=O)[C@H](c2ccccc2)[C@@]12CCCCC2=O. The molecule has 1 aliphatic heterocycles. The van der Waals surface area contributed by atoms with Crippen molar-refractivity contribution >= 4 is 11.7 Å². The van der Waals surface area contributed by atoms with Crippen LogP contribution in [0.25, 0.3) is 0 Å². The van der Waals surface area contributed by atoms with Crippen LogP contribution < -0.4 is 0 Å². The van der Waals surface area contributed by atoms with E-state index in [9.17, 15) is 9.59 Å². The van der Waals surface area contributed by atoms with Crippen molar-refractivity contribution in [3.05, 3.63) is 35.9 Å². The monoisotopic (exact) mass is 271 g/mol. The molecular weight excluding hydrogens is 250 g/mol. The van der Waals surface area contributed by atoms with Crippen molar-refractivity contribution in [3.63, 3.8) is 0 Å². The van der Waals surface area contributed by atoms with Crippen molar-refractivity contribution in [3.8, 4) is 0 Å². The molecule has 1 aromatic rings. The fourth-order valence-corrected chi connectivity index (χ4v) is 3.99. The third kappa shape index (κ3) is 1.65. The molecule has 2 atom stereocenters. The molecule has 1 spiro atoms. The Morgan fingerprint density at radius 1 is 1.15 bits per heavy atom. The van der Waals surface area contributed by atoms with E-state index >= 15 is 0 Å². The molecule has 1 aromatic carbocycles. The summed E-state index contributed by atoms with van der Waals surface area (Å²) in [6.45, 7) is 4.01. The number of likely N-dealkylation sites (tertiary alicyclic amines) is 1. The highest BCUT2D eigenvalue weighted by Gasteiger charge is 2.65. The summed E-state index contributed by atoms with van der Waals surface area (Å²) in [6, 6.07) is 9.88. The first-order chi connectivity index (χ1) is 9.59. The zero-order valence-corrected chi connectivity index (χ0v) is 12.1. The van der Waals surface area contributed by atoms with E-state index in [-0.39, 0.29) is 23.7 Å². The van der Waals surface area contributed by atoms with Gasteiger partial charge in [0.2, 0.25) is 5.91 Å². The predicted octanol–water partition coefficient (Wildman–Crippen LogP) is 2.90. The van der Waals surface area contributed by atoms with E-state index in [1.165, 1.54) is 0 Å². The normalized spacial score (nSPS) is 29.9. The summed E-state index contributed by atoms with van der Waals surface area (Å²) >= 11 is 0. The number of hydrogen-bond donors (Lipinski definition) is 0. The zero-order chi connectivity index (χ0) is 14.3. The number of Topliss-reactive ketones (excluding diaryl/α,β-unsaturated/α-hetero) is 1. The van der Waals surface area contributed by atoms with Gasteiger partial charge in [-0.15, -0.1) is 0 Å². The van der Waals surface area contributed by atoms with Gasteiger partial charge in [-0.25, -0.2) is 0 Å². The van der Waals surface area contributed by atoms with Crippen LogP contribution in [0.5, 0.6) is 0 Å². The number of β-lactam (4-membered cyclic amide) rings is 1. The summed E-state index contributed by atoms with van der Waals surface area (Å²) < 4.78 is 0. The molecule has 1 saturated heterocycles. The lowest BCUT2D eigenvalue weighted by Gasteiger charge is -2.60. The molecule has 0 aromatic heterocycles. The summed E-state index contributed by atoms with van der Waals surface area (Å²) in [7, 11) is 0. The maximum Gasteiger partial charge on any atom is 0.234 e. The van der Waals surface area contributed by atoms with Crippen LogP contribution in [0.3, 0.4) is 0 Å². The second kappa shape index (κ2) is 4.72. The summed E-state index contributed by atoms with van der Waals surface area (Å²) in [5.41, 5.74) is 0.426. The number of ketones is 1. The Labute approximate surface area is 120 Å². The van der Waals surface area contributed by atoms with E-state index in [0.29, 0.717) is 6.42 Å². The van der Waals surface area contributed by atoms with Crippen LogP contribution in [0.2, 0.25) is 0 Å². The molecule has 1 aliphatic carbocycles. The van der Waals surface area contributed by atoms with Gasteiger partial charge in [-0.2, -0.15) is 0 Å². The first kappa shape index (κ1) is 13.3. The number of rotatable bonds is 2. The number of nitrogens with zero attached hydrogens (tertiary/aromatic N) is 1. The Morgan fingerprint density at radius 2 is 1.85 bits per heavy atom. The van der Waals surface area contributed by atoms with Crippen LogP contribution >= 0.6 is 0 Å². The van der Waals surface area contributed by atoms with E-state index in [2.05, 4.69) is 0 Å². The number of benzene rings is 1. The van der Waals surface area contributed by atoms with E-state index < -0.39 is 5.54 Å². The van der Waals surface area contributed by atoms with Gasteiger partial charge in [-0.1, -0.05) is 36.8 Å². The molecule has 2 fully saturated rings. The Kier molecular flexibility index (Phi) is 3.15. The first-order valence-corrected chi connectivity index (χ1v) is 7.50. The summed E-state index contributed by atoms with van der Waals surface area (Å²) in [4.78, 5) is 27.1. The van der Waals surface area contributed by atoms with Gasteiger partial charge >= 0.3 is 0 Å². The molecule has 1 heterocycles. The predicted molar refractivity (Wildman–Crippen MR) is 77.4 cm³/mol. The smallest absolute Gasteiger partial charge is 0.234 e. The lowest BCUT2D eigenvalue weighted by molar-refractivity contribution is -0.177. The second-order valence-electron chi connectivity index (χ2n) is 6.20. The number of carbonyl (C=O) groups excluding carboxylic acids is 2. The number of hydrogen-bond acceptors (Lipinski definition) is 2. The molecule has 1 saturated carbocycles. The summed E-state index contributed by atoms with van der Waals surface area (Å²) in [5.74, 6) is 0.103. The first-order valence-electron chi connectivity index (χ1n) is 7.50. The van der Waals surface area contributed by atoms with Crippen LogP contribution in [0.15, 0.2) is 30.3 Å². The maximum absolute atomic E-state index is 12.6. The topological polar surface area (TPSA) is 37.4 Å². The van der Waals surface area contributed by atoms with E-state index in [4.69, 9.17) is 0 Å². The number of carbonyl (C=O) groups is 2. The van der Waals surface area contributed by atoms with Crippen molar-refractivity contribution < 1.29 is 9.59 Å². The highest BCUT2D eigenvalue weighted by atomic mass is 16.2. The molecule has 0 bridgehead atoms. The standard InChI is InChI=1S/C17H21NO2/c1-12(2)18-16(20)15(13-8-4-3-5-9-13)17(18)11-7-6-10-14(17)19/h3-5,8-9,12,15H,6-7,10-11H2,1-2H3/t15-,17-/m0/s1. The van der Waals surface area contributed by atoms with E-state index in [0.717, 1.165) is 24.8 Å². The minimum atomic E-state index is -0.565. The average Bonchev–Trinajstić information content (AvgIpc) is 2.42. The average molecular weight is 271 g/mol. The Bertz CT molecular complexity index is 537. The van der Waals surface area contributed by atoms with Crippen LogP contribution in [0.1, 0.15) is 51.0 Å². The van der Waals surface area contributed by atoms with Gasteiger partial charge in [0.15, 0.2) is 5.78 Å². The quantitative estimate of drug-likeness (QED) is 0.776. The highest BCUT2D eigenvalue weighted by molar-refractivity contribution is 6.07. The molecule has 0 unspecified atom stereocenters. The third-order valence-corrected chi connectivity index (χ3v) is 4.74. The Balaban J connectivity index is 2.05. The molecule has 0 N–H and O–H groups in total. The van der Waals surface area contributed by atoms with Gasteiger partial charge in [0, 0.05) is 12.5 Å². The van der Waals surface area contributed by atoms with Crippen molar-refractivity contribution in [2.75, 3.05) is 0 Å². The fourth-order valence-electron chi connectivity index (χ4n) is 3.99. The lowest BCUT2D eigenvalue weighted by atomic mass is 9.61. The zero-order valence-electron chi connectivity index (χ0n) is 12.1. The Hall–Kier alpha value is -1.64. The highest BCUT2D eigenvalue weighted by Crippen LogP contribution is 2.52. The molecule has 106 valence electrons. The van der Waals surface area contributed by atoms with E-state index in [1.54, 1.807) is 0 Å². The van der Waals surface area contributed by atoms with Crippen LogP contribution in [-0.2, 0) is 9.59 Å². The molecular formula is C17H21NO2. The van der Waals surface area contributed by atoms with Gasteiger partial charge in [0.25, 0.3) is 0 Å². The van der Waals surface area contributed by atoms with Crippen molar-refractivity contribution in [1.29, 1.82) is 0 Å². The van der Waals surface area contributed by atoms with Crippen molar-refractivity contribution in [1.82, 2.24) is 4.90 Å². The van der Waals surface area contributed by atoms with Gasteiger partial charge < -0.3 is 4.90 Å². The minimum absolute atomic E-state index is 0.0875. The minimum Gasteiger partial charge on any atom is -0.326 e. The van der Waals surface area contributed by atoms with Gasteiger partial charge in [0.1, 0.15) is 5.54 Å². The molecule has 1 amide bonds. The van der Waals surface area contributed by atoms with Crippen LogP contribution in [0.4, 0.5) is 0 Å². The number of amides is 1. The molecule has 2 aliphatic rings. The van der Waals surface area contributed by atoms with Crippen molar-refractivity contribution in [2.24, 2.45) is 0 Å². The van der Waals surface area contributed by atoms with Crippen molar-refractivity contribution in [2.45, 2.75) is 57.0 Å². The third-order valence-electron chi connectivity index (χ3n) is 4.74. The van der Waals surface area contributed by atoms with Gasteiger partial charge in [-0.05, 0) is 32.3 Å². The van der Waals surface area contributed by atoms with E-state index in [1.807, 2.05) is 49.1 Å². The molecule has 0 radical (unpaired) electrons. The van der Waals surface area contributed by atoms with Crippen LogP contribution in [-0.4, -0.2) is 28.2 Å². The lowest BCUT2D eigenvalue weighted by Crippen LogP contribution is -2.75. The molecule has 3 rings (SSSR count). The summed E-state index contributed by atoms with van der Waals surface area (Å²) in [5, 5.41) is 0. The molecule has 3 nitrogen and oxygen atoms in total. The van der Waals surface area contributed by atoms with Gasteiger partial charge in [0.05, 0.1) is 5.92 Å².